The second kappa shape index (κ2) is 7.94. The molecule has 1 fully saturated rings. The van der Waals surface area contributed by atoms with Gasteiger partial charge in [0.2, 0.25) is 15.8 Å². The number of hydrogen-bond acceptors (Lipinski definition) is 8. The van der Waals surface area contributed by atoms with Gasteiger partial charge in [0.15, 0.2) is 11.3 Å². The van der Waals surface area contributed by atoms with Crippen LogP contribution in [0.15, 0.2) is 57.3 Å². The van der Waals surface area contributed by atoms with E-state index < -0.39 is 21.8 Å². The van der Waals surface area contributed by atoms with E-state index in [1.54, 1.807) is 10.6 Å². The first kappa shape index (κ1) is 22.8. The second-order valence-electron chi connectivity index (χ2n) is 8.30. The van der Waals surface area contributed by atoms with Gasteiger partial charge in [-0.2, -0.15) is 23.3 Å². The average molecular weight is 533 g/mol. The summed E-state index contributed by atoms with van der Waals surface area (Å²) in [6.07, 6.45) is -2.48. The molecule has 2 N–H and O–H groups in total. The van der Waals surface area contributed by atoms with Gasteiger partial charge in [-0.15, -0.1) is 11.3 Å². The first-order chi connectivity index (χ1) is 17.1. The van der Waals surface area contributed by atoms with E-state index in [-0.39, 0.29) is 21.8 Å². The molecule has 1 aliphatic rings. The molecule has 5 aromatic rings. The quantitative estimate of drug-likeness (QED) is 0.347. The Balaban J connectivity index is 1.38. The summed E-state index contributed by atoms with van der Waals surface area (Å²) in [6, 6.07) is 11.3. The molecule has 0 amide bonds. The average Bonchev–Trinajstić information content (AvgIpc) is 3.22. The summed E-state index contributed by atoms with van der Waals surface area (Å²) in [5.74, 6) is 0.555. The molecule has 0 bridgehead atoms. The molecule has 1 aromatic carbocycles. The van der Waals surface area contributed by atoms with Crippen molar-refractivity contribution in [3.63, 3.8) is 0 Å². The lowest BCUT2D eigenvalue weighted by atomic mass is 10.1. The SMILES string of the molecule is NS(=O)(=O)c1ccc(-c2noc(-c3cc4nc(-c5ccc(C(F)(F)F)cc5)cc(C5CC5)n4n3)n2)s1. The number of rotatable bonds is 5. The van der Waals surface area contributed by atoms with Gasteiger partial charge >= 0.3 is 6.18 Å². The van der Waals surface area contributed by atoms with Crippen molar-refractivity contribution in [2.24, 2.45) is 5.14 Å². The molecule has 0 saturated heterocycles. The molecule has 0 radical (unpaired) electrons. The van der Waals surface area contributed by atoms with Gasteiger partial charge in [-0.3, -0.25) is 0 Å². The van der Waals surface area contributed by atoms with Crippen LogP contribution in [0.5, 0.6) is 0 Å². The summed E-state index contributed by atoms with van der Waals surface area (Å²) in [7, 11) is -3.84. The molecule has 184 valence electrons. The number of fused-ring (bicyclic) bond motifs is 1. The van der Waals surface area contributed by atoms with Gasteiger partial charge in [-0.1, -0.05) is 17.3 Å². The van der Waals surface area contributed by atoms with Crippen molar-refractivity contribution in [3.8, 4) is 33.5 Å². The molecule has 0 aliphatic heterocycles. The van der Waals surface area contributed by atoms with Crippen LogP contribution >= 0.6 is 11.3 Å². The molecule has 1 saturated carbocycles. The Morgan fingerprint density at radius 1 is 1.03 bits per heavy atom. The summed E-state index contributed by atoms with van der Waals surface area (Å²) in [5, 5.41) is 13.7. The standard InChI is InChI=1S/C22H15F3N6O3S2/c23-22(24,25)13-5-3-11(4-6-13)14-9-16(12-1-2-12)31-18(27-14)10-15(29-31)21-28-20(30-34-21)17-7-8-19(35-17)36(26,32)33/h3-10,12H,1-2H2,(H2,26,32,33). The number of nitrogens with two attached hydrogens (primary N) is 1. The van der Waals surface area contributed by atoms with Crippen molar-refractivity contribution in [1.82, 2.24) is 24.7 Å². The van der Waals surface area contributed by atoms with Crippen LogP contribution in [0.4, 0.5) is 13.2 Å². The summed E-state index contributed by atoms with van der Waals surface area (Å²) in [4.78, 5) is 9.39. The van der Waals surface area contributed by atoms with Crippen LogP contribution in [-0.2, 0) is 16.2 Å². The Morgan fingerprint density at radius 3 is 2.42 bits per heavy atom. The number of aromatic nitrogens is 5. The molecule has 6 rings (SSSR count). The number of thiophene rings is 1. The van der Waals surface area contributed by atoms with Crippen LogP contribution in [0.1, 0.15) is 30.0 Å². The van der Waals surface area contributed by atoms with Gasteiger partial charge in [-0.25, -0.2) is 23.1 Å². The molecule has 4 heterocycles. The second-order valence-corrected chi connectivity index (χ2v) is 11.2. The largest absolute Gasteiger partial charge is 0.416 e. The summed E-state index contributed by atoms with van der Waals surface area (Å²) in [6.45, 7) is 0. The van der Waals surface area contributed by atoms with Crippen LogP contribution in [0, 0.1) is 0 Å². The van der Waals surface area contributed by atoms with Gasteiger partial charge in [0.25, 0.3) is 5.89 Å². The number of alkyl halides is 3. The predicted molar refractivity (Wildman–Crippen MR) is 123 cm³/mol. The third kappa shape index (κ3) is 4.16. The fourth-order valence-corrected chi connectivity index (χ4v) is 5.43. The van der Waals surface area contributed by atoms with E-state index in [2.05, 4.69) is 20.2 Å². The van der Waals surface area contributed by atoms with E-state index in [9.17, 15) is 21.6 Å². The maximum absolute atomic E-state index is 13.0. The topological polar surface area (TPSA) is 129 Å². The van der Waals surface area contributed by atoms with Crippen molar-refractivity contribution in [3.05, 3.63) is 59.8 Å². The minimum Gasteiger partial charge on any atom is -0.332 e. The van der Waals surface area contributed by atoms with E-state index >= 15 is 0 Å². The molecule has 1 aliphatic carbocycles. The number of halogens is 3. The smallest absolute Gasteiger partial charge is 0.332 e. The minimum absolute atomic E-state index is 0.0225. The number of primary sulfonamides is 1. The zero-order valence-electron chi connectivity index (χ0n) is 18.1. The van der Waals surface area contributed by atoms with Gasteiger partial charge in [-0.05, 0) is 43.2 Å². The fourth-order valence-electron chi connectivity index (χ4n) is 3.77. The van der Waals surface area contributed by atoms with Crippen LogP contribution in [-0.4, -0.2) is 33.2 Å². The summed E-state index contributed by atoms with van der Waals surface area (Å²) in [5.41, 5.74) is 2.09. The molecule has 4 aromatic heterocycles. The highest BCUT2D eigenvalue weighted by Gasteiger charge is 2.31. The number of sulfonamides is 1. The molecule has 0 spiro atoms. The molecule has 0 unspecified atom stereocenters. The molecule has 36 heavy (non-hydrogen) atoms. The molecule has 14 heteroatoms. The van der Waals surface area contributed by atoms with E-state index in [4.69, 9.17) is 9.66 Å². The summed E-state index contributed by atoms with van der Waals surface area (Å²) >= 11 is 0.917. The predicted octanol–water partition coefficient (Wildman–Crippen LogP) is 4.72. The number of hydrogen-bond donors (Lipinski definition) is 1. The van der Waals surface area contributed by atoms with Crippen molar-refractivity contribution in [1.29, 1.82) is 0 Å². The number of benzene rings is 1. The van der Waals surface area contributed by atoms with Crippen molar-refractivity contribution in [2.75, 3.05) is 0 Å². The molecular weight excluding hydrogens is 517 g/mol. The van der Waals surface area contributed by atoms with E-state index in [1.165, 1.54) is 24.3 Å². The van der Waals surface area contributed by atoms with Gasteiger partial charge in [0, 0.05) is 23.2 Å². The molecular formula is C22H15F3N6O3S2. The maximum atomic E-state index is 13.0. The van der Waals surface area contributed by atoms with Crippen LogP contribution in [0.3, 0.4) is 0 Å². The van der Waals surface area contributed by atoms with E-state index in [0.29, 0.717) is 27.5 Å². The normalized spacial score (nSPS) is 14.6. The van der Waals surface area contributed by atoms with Crippen molar-refractivity contribution in [2.45, 2.75) is 29.1 Å². The van der Waals surface area contributed by atoms with Crippen LogP contribution in [0.2, 0.25) is 0 Å². The van der Waals surface area contributed by atoms with Crippen molar-refractivity contribution < 1.29 is 26.1 Å². The molecule has 9 nitrogen and oxygen atoms in total. The zero-order valence-corrected chi connectivity index (χ0v) is 19.7. The highest BCUT2D eigenvalue weighted by Crippen LogP contribution is 2.41. The van der Waals surface area contributed by atoms with E-state index in [0.717, 1.165) is 42.0 Å². The zero-order chi connectivity index (χ0) is 25.2. The third-order valence-corrected chi connectivity index (χ3v) is 8.21. The third-order valence-electron chi connectivity index (χ3n) is 5.69. The Labute approximate surface area is 205 Å². The minimum atomic E-state index is -4.42. The first-order valence-electron chi connectivity index (χ1n) is 10.6. The highest BCUT2D eigenvalue weighted by atomic mass is 32.2. The van der Waals surface area contributed by atoms with Gasteiger partial charge < -0.3 is 4.52 Å². The lowest BCUT2D eigenvalue weighted by Gasteiger charge is -2.09. The fraction of sp³-hybridized carbons (Fsp3) is 0.182. The first-order valence-corrected chi connectivity index (χ1v) is 13.0. The lowest BCUT2D eigenvalue weighted by Crippen LogP contribution is -2.09. The van der Waals surface area contributed by atoms with E-state index in [1.807, 2.05) is 6.07 Å². The highest BCUT2D eigenvalue weighted by molar-refractivity contribution is 7.91. The lowest BCUT2D eigenvalue weighted by molar-refractivity contribution is -0.137. The Hall–Kier alpha value is -3.62. The maximum Gasteiger partial charge on any atom is 0.416 e. The molecule has 0 atom stereocenters. The Bertz CT molecular complexity index is 1720. The van der Waals surface area contributed by atoms with Crippen molar-refractivity contribution >= 4 is 27.0 Å². The Kier molecular flexibility index (Phi) is 5.04. The monoisotopic (exact) mass is 532 g/mol. The van der Waals surface area contributed by atoms with Crippen LogP contribution < -0.4 is 5.14 Å². The van der Waals surface area contributed by atoms with Gasteiger partial charge in [0.05, 0.1) is 16.1 Å². The Morgan fingerprint density at radius 2 is 1.78 bits per heavy atom. The van der Waals surface area contributed by atoms with Gasteiger partial charge in [0.1, 0.15) is 4.21 Å². The number of nitrogens with zero attached hydrogens (tertiary/aromatic N) is 5. The summed E-state index contributed by atoms with van der Waals surface area (Å²) < 4.78 is 69.0. The van der Waals surface area contributed by atoms with Crippen LogP contribution in [0.25, 0.3) is 39.2 Å².